The fraction of sp³-hybridized carbons (Fsp3) is 0.0909. The summed E-state index contributed by atoms with van der Waals surface area (Å²) in [4.78, 5) is 13.3. The molecule has 4 aromatic rings. The molecule has 2 aromatic carbocycles. The molecule has 0 spiro atoms. The molecule has 0 aliphatic rings. The zero-order valence-electron chi connectivity index (χ0n) is 16.2. The fourth-order valence-electron chi connectivity index (χ4n) is 2.79. The second-order valence-corrected chi connectivity index (χ2v) is 9.36. The van der Waals surface area contributed by atoms with Crippen LogP contribution in [0.5, 0.6) is 0 Å². The Morgan fingerprint density at radius 3 is 2.65 bits per heavy atom. The van der Waals surface area contributed by atoms with Crippen LogP contribution in [-0.2, 0) is 27.9 Å². The first-order chi connectivity index (χ1) is 15.0. The second-order valence-electron chi connectivity index (χ2n) is 6.56. The van der Waals surface area contributed by atoms with Gasteiger partial charge in [-0.1, -0.05) is 47.6 Å². The van der Waals surface area contributed by atoms with E-state index in [1.54, 1.807) is 6.07 Å². The molecule has 7 nitrogen and oxygen atoms in total. The van der Waals surface area contributed by atoms with Crippen molar-refractivity contribution in [3.8, 4) is 11.3 Å². The summed E-state index contributed by atoms with van der Waals surface area (Å²) < 4.78 is 38.2. The molecule has 4 rings (SSSR count). The predicted octanol–water partition coefficient (Wildman–Crippen LogP) is 4.24. The van der Waals surface area contributed by atoms with Gasteiger partial charge in [0.15, 0.2) is 5.76 Å². The van der Waals surface area contributed by atoms with Gasteiger partial charge < -0.3 is 9.26 Å². The molecule has 0 atom stereocenters. The Morgan fingerprint density at radius 1 is 1.03 bits per heavy atom. The Morgan fingerprint density at radius 2 is 1.87 bits per heavy atom. The fourth-order valence-corrected chi connectivity index (χ4v) is 4.58. The van der Waals surface area contributed by atoms with Crippen molar-refractivity contribution in [2.24, 2.45) is 0 Å². The van der Waals surface area contributed by atoms with Crippen molar-refractivity contribution in [1.29, 1.82) is 0 Å². The van der Waals surface area contributed by atoms with Crippen molar-refractivity contribution in [3.05, 3.63) is 94.3 Å². The van der Waals surface area contributed by atoms with Gasteiger partial charge in [0.05, 0.1) is 10.5 Å². The summed E-state index contributed by atoms with van der Waals surface area (Å²) in [7, 11) is -3.77. The van der Waals surface area contributed by atoms with Crippen LogP contribution in [-0.4, -0.2) is 19.5 Å². The molecule has 1 N–H and O–H groups in total. The zero-order chi connectivity index (χ0) is 21.7. The maximum atomic E-state index is 12.5. The van der Waals surface area contributed by atoms with E-state index in [4.69, 9.17) is 9.26 Å². The molecule has 0 saturated heterocycles. The summed E-state index contributed by atoms with van der Waals surface area (Å²) in [6, 6.07) is 20.5. The number of hydrogen-bond acceptors (Lipinski definition) is 7. The number of ether oxygens (including phenoxy) is 1. The summed E-state index contributed by atoms with van der Waals surface area (Å²) >= 11 is 1.46. The van der Waals surface area contributed by atoms with Crippen molar-refractivity contribution < 1.29 is 22.5 Å². The highest BCUT2D eigenvalue weighted by Crippen LogP contribution is 2.20. The number of carbonyl (C=O) groups is 1. The Balaban J connectivity index is 1.39. The van der Waals surface area contributed by atoms with Gasteiger partial charge in [-0.25, -0.2) is 17.9 Å². The average molecular weight is 455 g/mol. The Labute approximate surface area is 183 Å². The number of sulfonamides is 1. The van der Waals surface area contributed by atoms with E-state index in [-0.39, 0.29) is 23.6 Å². The molecule has 9 heteroatoms. The van der Waals surface area contributed by atoms with Gasteiger partial charge in [-0.2, -0.15) is 0 Å². The summed E-state index contributed by atoms with van der Waals surface area (Å²) in [5.74, 6) is -0.0869. The first-order valence-electron chi connectivity index (χ1n) is 9.31. The minimum atomic E-state index is -3.77. The molecule has 158 valence electrons. The molecule has 2 heterocycles. The van der Waals surface area contributed by atoms with Crippen molar-refractivity contribution >= 4 is 27.3 Å². The Bertz CT molecular complexity index is 1270. The molecule has 0 amide bonds. The maximum absolute atomic E-state index is 12.5. The van der Waals surface area contributed by atoms with Crippen LogP contribution in [0.1, 0.15) is 20.9 Å². The largest absolute Gasteiger partial charge is 0.455 e. The maximum Gasteiger partial charge on any atom is 0.338 e. The van der Waals surface area contributed by atoms with E-state index in [1.165, 1.54) is 35.6 Å². The number of benzene rings is 2. The summed E-state index contributed by atoms with van der Waals surface area (Å²) in [5, 5.41) is 5.78. The molecule has 0 radical (unpaired) electrons. The Hall–Kier alpha value is -3.27. The highest BCUT2D eigenvalue weighted by atomic mass is 32.2. The molecule has 0 aliphatic heterocycles. The van der Waals surface area contributed by atoms with Gasteiger partial charge in [-0.3, -0.25) is 0 Å². The van der Waals surface area contributed by atoms with Crippen molar-refractivity contribution in [3.63, 3.8) is 0 Å². The highest BCUT2D eigenvalue weighted by Gasteiger charge is 2.17. The number of carbonyl (C=O) groups excluding carboxylic acids is 1. The standard InChI is InChI=1S/C22H18N2O5S2/c25-22(28-15-18-13-21(29-24-18)16-6-2-1-3-7-16)17-8-4-10-20(12-17)31(26,27)23-14-19-9-5-11-30-19/h1-13,23H,14-15H2. The van der Waals surface area contributed by atoms with Crippen molar-refractivity contribution in [2.75, 3.05) is 0 Å². The van der Waals surface area contributed by atoms with E-state index in [2.05, 4.69) is 9.88 Å². The number of nitrogens with zero attached hydrogens (tertiary/aromatic N) is 1. The van der Waals surface area contributed by atoms with Gasteiger partial charge in [0.25, 0.3) is 0 Å². The third-order valence-corrected chi connectivity index (χ3v) is 6.64. The molecule has 0 fully saturated rings. The Kier molecular flexibility index (Phi) is 6.26. The minimum Gasteiger partial charge on any atom is -0.455 e. The molecule has 31 heavy (non-hydrogen) atoms. The van der Waals surface area contributed by atoms with Gasteiger partial charge in [0.1, 0.15) is 12.3 Å². The number of aromatic nitrogens is 1. The van der Waals surface area contributed by atoms with Crippen LogP contribution in [0.2, 0.25) is 0 Å². The second kappa shape index (κ2) is 9.25. The van der Waals surface area contributed by atoms with Crippen LogP contribution in [0, 0.1) is 0 Å². The van der Waals surface area contributed by atoms with Crippen LogP contribution >= 0.6 is 11.3 Å². The van der Waals surface area contributed by atoms with Crippen LogP contribution in [0.25, 0.3) is 11.3 Å². The average Bonchev–Trinajstić information content (AvgIpc) is 3.49. The highest BCUT2D eigenvalue weighted by molar-refractivity contribution is 7.89. The van der Waals surface area contributed by atoms with E-state index in [0.29, 0.717) is 11.5 Å². The number of nitrogens with one attached hydrogen (secondary N) is 1. The lowest BCUT2D eigenvalue weighted by atomic mass is 10.2. The minimum absolute atomic E-state index is 0.00805. The van der Waals surface area contributed by atoms with Crippen LogP contribution < -0.4 is 4.72 Å². The van der Waals surface area contributed by atoms with Crippen LogP contribution in [0.4, 0.5) is 0 Å². The topological polar surface area (TPSA) is 98.5 Å². The van der Waals surface area contributed by atoms with E-state index in [9.17, 15) is 13.2 Å². The third kappa shape index (κ3) is 5.26. The third-order valence-electron chi connectivity index (χ3n) is 4.36. The molecular formula is C22H18N2O5S2. The van der Waals surface area contributed by atoms with E-state index in [1.807, 2.05) is 47.8 Å². The van der Waals surface area contributed by atoms with Gasteiger partial charge in [0, 0.05) is 23.1 Å². The normalized spacial score (nSPS) is 11.4. The summed E-state index contributed by atoms with van der Waals surface area (Å²) in [5.41, 5.74) is 1.44. The number of hydrogen-bond donors (Lipinski definition) is 1. The molecular weight excluding hydrogens is 436 g/mol. The van der Waals surface area contributed by atoms with Crippen molar-refractivity contribution in [2.45, 2.75) is 18.0 Å². The van der Waals surface area contributed by atoms with Gasteiger partial charge in [-0.15, -0.1) is 11.3 Å². The monoisotopic (exact) mass is 454 g/mol. The van der Waals surface area contributed by atoms with Gasteiger partial charge in [0.2, 0.25) is 10.0 Å². The summed E-state index contributed by atoms with van der Waals surface area (Å²) in [6.07, 6.45) is 0. The molecule has 0 unspecified atom stereocenters. The molecule has 2 aromatic heterocycles. The van der Waals surface area contributed by atoms with E-state index in [0.717, 1.165) is 10.4 Å². The number of thiophene rings is 1. The summed E-state index contributed by atoms with van der Waals surface area (Å²) in [6.45, 7) is 0.0906. The first kappa shape index (κ1) is 21.0. The molecule has 0 saturated carbocycles. The first-order valence-corrected chi connectivity index (χ1v) is 11.7. The lowest BCUT2D eigenvalue weighted by Crippen LogP contribution is -2.23. The quantitative estimate of drug-likeness (QED) is 0.400. The predicted molar refractivity (Wildman–Crippen MR) is 116 cm³/mol. The number of rotatable bonds is 8. The molecule has 0 bridgehead atoms. The zero-order valence-corrected chi connectivity index (χ0v) is 17.9. The lowest BCUT2D eigenvalue weighted by molar-refractivity contribution is 0.0464. The lowest BCUT2D eigenvalue weighted by Gasteiger charge is -2.08. The van der Waals surface area contributed by atoms with Gasteiger partial charge >= 0.3 is 5.97 Å². The SMILES string of the molecule is O=C(OCc1cc(-c2ccccc2)on1)c1cccc(S(=O)(=O)NCc2cccs2)c1. The van der Waals surface area contributed by atoms with Gasteiger partial charge in [-0.05, 0) is 29.6 Å². The number of esters is 1. The van der Waals surface area contributed by atoms with Crippen LogP contribution in [0.15, 0.2) is 87.6 Å². The molecule has 0 aliphatic carbocycles. The van der Waals surface area contributed by atoms with Crippen LogP contribution in [0.3, 0.4) is 0 Å². The van der Waals surface area contributed by atoms with Crippen molar-refractivity contribution in [1.82, 2.24) is 9.88 Å². The van der Waals surface area contributed by atoms with E-state index < -0.39 is 16.0 Å². The van der Waals surface area contributed by atoms with E-state index >= 15 is 0 Å². The smallest absolute Gasteiger partial charge is 0.338 e.